The number of amides is 2. The summed E-state index contributed by atoms with van der Waals surface area (Å²) in [5.41, 5.74) is 0.916. The lowest BCUT2D eigenvalue weighted by Gasteiger charge is -2.27. The molecule has 0 heterocycles. The van der Waals surface area contributed by atoms with Gasteiger partial charge in [-0.1, -0.05) is 30.3 Å². The summed E-state index contributed by atoms with van der Waals surface area (Å²) in [5, 5.41) is 15.0. The minimum atomic E-state index is -0.337. The van der Waals surface area contributed by atoms with E-state index in [9.17, 15) is 9.90 Å². The molecule has 0 spiro atoms. The van der Waals surface area contributed by atoms with Gasteiger partial charge in [0, 0.05) is 6.04 Å². The van der Waals surface area contributed by atoms with E-state index in [1.54, 1.807) is 0 Å². The van der Waals surface area contributed by atoms with E-state index in [1.165, 1.54) is 6.42 Å². The fraction of sp³-hybridized carbons (Fsp3) is 0.462. The van der Waals surface area contributed by atoms with Crippen molar-refractivity contribution >= 4 is 6.03 Å². The van der Waals surface area contributed by atoms with Gasteiger partial charge in [-0.2, -0.15) is 0 Å². The van der Waals surface area contributed by atoms with Gasteiger partial charge in [0.05, 0.1) is 12.6 Å². The molecule has 1 aromatic rings. The fourth-order valence-electron chi connectivity index (χ4n) is 1.86. The summed E-state index contributed by atoms with van der Waals surface area (Å²) in [4.78, 5) is 11.7. The van der Waals surface area contributed by atoms with Crippen LogP contribution in [0.5, 0.6) is 0 Å². The number of urea groups is 1. The number of rotatable bonds is 4. The number of aliphatic hydroxyl groups excluding tert-OH is 1. The van der Waals surface area contributed by atoms with Crippen LogP contribution in [0.1, 0.15) is 30.9 Å². The van der Waals surface area contributed by atoms with E-state index in [1.807, 2.05) is 30.3 Å². The molecule has 0 saturated heterocycles. The molecular weight excluding hydrogens is 216 g/mol. The second kappa shape index (κ2) is 5.68. The first kappa shape index (κ1) is 11.9. The maximum Gasteiger partial charge on any atom is 0.315 e. The monoisotopic (exact) mass is 234 g/mol. The highest BCUT2D eigenvalue weighted by molar-refractivity contribution is 5.74. The van der Waals surface area contributed by atoms with Crippen molar-refractivity contribution in [3.05, 3.63) is 35.9 Å². The summed E-state index contributed by atoms with van der Waals surface area (Å²) in [6.45, 7) is -0.0951. The first-order chi connectivity index (χ1) is 8.29. The first-order valence-electron chi connectivity index (χ1n) is 6.02. The zero-order valence-corrected chi connectivity index (χ0v) is 9.73. The lowest BCUT2D eigenvalue weighted by Crippen LogP contribution is -2.46. The maximum atomic E-state index is 11.7. The molecule has 2 rings (SSSR count). The van der Waals surface area contributed by atoms with Crippen molar-refractivity contribution in [3.8, 4) is 0 Å². The predicted octanol–water partition coefficient (Wildman–Crippen LogP) is 1.57. The summed E-state index contributed by atoms with van der Waals surface area (Å²) in [6, 6.07) is 9.26. The van der Waals surface area contributed by atoms with Crippen LogP contribution >= 0.6 is 0 Å². The number of benzene rings is 1. The standard InChI is InChI=1S/C13H18N2O2/c16-9-12(10-5-2-1-3-6-10)15-13(17)14-11-7-4-8-11/h1-3,5-6,11-12,16H,4,7-9H2,(H2,14,15,17). The average molecular weight is 234 g/mol. The van der Waals surface area contributed by atoms with Crippen LogP contribution in [-0.2, 0) is 0 Å². The second-order valence-electron chi connectivity index (χ2n) is 4.39. The topological polar surface area (TPSA) is 61.4 Å². The number of hydrogen-bond acceptors (Lipinski definition) is 2. The summed E-state index contributed by atoms with van der Waals surface area (Å²) >= 11 is 0. The van der Waals surface area contributed by atoms with Gasteiger partial charge >= 0.3 is 6.03 Å². The molecular formula is C13H18N2O2. The summed E-state index contributed by atoms with van der Waals surface area (Å²) in [7, 11) is 0. The summed E-state index contributed by atoms with van der Waals surface area (Å²) in [6.07, 6.45) is 3.30. The summed E-state index contributed by atoms with van der Waals surface area (Å²) < 4.78 is 0. The molecule has 0 aromatic heterocycles. The van der Waals surface area contributed by atoms with E-state index < -0.39 is 0 Å². The SMILES string of the molecule is O=C(NC1CCC1)NC(CO)c1ccccc1. The molecule has 17 heavy (non-hydrogen) atoms. The Morgan fingerprint density at radius 1 is 1.35 bits per heavy atom. The lowest BCUT2D eigenvalue weighted by molar-refractivity contribution is 0.208. The van der Waals surface area contributed by atoms with Gasteiger partial charge in [-0.15, -0.1) is 0 Å². The molecule has 2 amide bonds. The third-order valence-electron chi connectivity index (χ3n) is 3.13. The van der Waals surface area contributed by atoms with E-state index in [4.69, 9.17) is 0 Å². The number of carbonyl (C=O) groups excluding carboxylic acids is 1. The quantitative estimate of drug-likeness (QED) is 0.740. The van der Waals surface area contributed by atoms with E-state index >= 15 is 0 Å². The zero-order chi connectivity index (χ0) is 12.1. The molecule has 1 fully saturated rings. The molecule has 3 N–H and O–H groups in total. The third-order valence-corrected chi connectivity index (χ3v) is 3.13. The number of hydrogen-bond donors (Lipinski definition) is 3. The molecule has 4 heteroatoms. The third kappa shape index (κ3) is 3.20. The smallest absolute Gasteiger partial charge is 0.315 e. The van der Waals surface area contributed by atoms with Gasteiger partial charge in [-0.3, -0.25) is 0 Å². The minimum Gasteiger partial charge on any atom is -0.394 e. The molecule has 1 aromatic carbocycles. The largest absolute Gasteiger partial charge is 0.394 e. The summed E-state index contributed by atoms with van der Waals surface area (Å²) in [5.74, 6) is 0. The van der Waals surface area contributed by atoms with Crippen molar-refractivity contribution < 1.29 is 9.90 Å². The highest BCUT2D eigenvalue weighted by Gasteiger charge is 2.21. The molecule has 4 nitrogen and oxygen atoms in total. The van der Waals surface area contributed by atoms with E-state index in [0.29, 0.717) is 6.04 Å². The maximum absolute atomic E-state index is 11.7. The van der Waals surface area contributed by atoms with Gasteiger partial charge in [0.15, 0.2) is 0 Å². The van der Waals surface area contributed by atoms with Crippen LogP contribution in [0, 0.1) is 0 Å². The van der Waals surface area contributed by atoms with Gasteiger partial charge in [0.2, 0.25) is 0 Å². The highest BCUT2D eigenvalue weighted by atomic mass is 16.3. The Balaban J connectivity index is 1.88. The van der Waals surface area contributed by atoms with Crippen LogP contribution < -0.4 is 10.6 Å². The average Bonchev–Trinajstić information content (AvgIpc) is 2.32. The fourth-order valence-corrected chi connectivity index (χ4v) is 1.86. The Kier molecular flexibility index (Phi) is 3.98. The van der Waals surface area contributed by atoms with Crippen molar-refractivity contribution in [2.45, 2.75) is 31.3 Å². The van der Waals surface area contributed by atoms with Crippen LogP contribution in [0.15, 0.2) is 30.3 Å². The molecule has 92 valence electrons. The van der Waals surface area contributed by atoms with Crippen molar-refractivity contribution in [1.29, 1.82) is 0 Å². The lowest BCUT2D eigenvalue weighted by atomic mass is 9.93. The van der Waals surface area contributed by atoms with Crippen molar-refractivity contribution in [3.63, 3.8) is 0 Å². The molecule has 1 unspecified atom stereocenters. The van der Waals surface area contributed by atoms with Crippen molar-refractivity contribution in [1.82, 2.24) is 10.6 Å². The van der Waals surface area contributed by atoms with Crippen LogP contribution in [0.25, 0.3) is 0 Å². The predicted molar refractivity (Wildman–Crippen MR) is 65.6 cm³/mol. The molecule has 0 aliphatic heterocycles. The molecule has 0 radical (unpaired) electrons. The molecule has 0 bridgehead atoms. The van der Waals surface area contributed by atoms with Gasteiger partial charge in [0.1, 0.15) is 0 Å². The second-order valence-corrected chi connectivity index (χ2v) is 4.39. The Bertz CT molecular complexity index is 363. The highest BCUT2D eigenvalue weighted by Crippen LogP contribution is 2.18. The van der Waals surface area contributed by atoms with Gasteiger partial charge in [-0.25, -0.2) is 4.79 Å². The Labute approximate surface area is 101 Å². The minimum absolute atomic E-state index is 0.0951. The Morgan fingerprint density at radius 3 is 2.59 bits per heavy atom. The van der Waals surface area contributed by atoms with E-state index in [2.05, 4.69) is 10.6 Å². The molecule has 1 saturated carbocycles. The first-order valence-corrected chi connectivity index (χ1v) is 6.02. The Hall–Kier alpha value is -1.55. The molecule has 1 aliphatic rings. The van der Waals surface area contributed by atoms with Crippen LogP contribution in [0.2, 0.25) is 0 Å². The van der Waals surface area contributed by atoms with E-state index in [0.717, 1.165) is 18.4 Å². The van der Waals surface area contributed by atoms with Gasteiger partial charge < -0.3 is 15.7 Å². The Morgan fingerprint density at radius 2 is 2.06 bits per heavy atom. The molecule has 1 aliphatic carbocycles. The van der Waals surface area contributed by atoms with E-state index in [-0.39, 0.29) is 18.7 Å². The van der Waals surface area contributed by atoms with Crippen molar-refractivity contribution in [2.24, 2.45) is 0 Å². The van der Waals surface area contributed by atoms with Crippen molar-refractivity contribution in [2.75, 3.05) is 6.61 Å². The van der Waals surface area contributed by atoms with Crippen LogP contribution in [0.4, 0.5) is 4.79 Å². The normalized spacial score (nSPS) is 17.0. The number of aliphatic hydroxyl groups is 1. The van der Waals surface area contributed by atoms with Crippen LogP contribution in [0.3, 0.4) is 0 Å². The van der Waals surface area contributed by atoms with Gasteiger partial charge in [-0.05, 0) is 24.8 Å². The van der Waals surface area contributed by atoms with Gasteiger partial charge in [0.25, 0.3) is 0 Å². The zero-order valence-electron chi connectivity index (χ0n) is 9.73. The number of nitrogens with one attached hydrogen (secondary N) is 2. The van der Waals surface area contributed by atoms with Crippen LogP contribution in [-0.4, -0.2) is 23.8 Å². The molecule has 1 atom stereocenters. The number of carbonyl (C=O) groups is 1.